The Morgan fingerprint density at radius 3 is 2.26 bits per heavy atom. The third-order valence-corrected chi connectivity index (χ3v) is 7.78. The number of rotatable bonds is 5. The van der Waals surface area contributed by atoms with E-state index in [1.165, 1.54) is 24.1 Å². The number of nitrogens with zero attached hydrogens (tertiary/aromatic N) is 1. The Bertz CT molecular complexity index is 1220. The van der Waals surface area contributed by atoms with Gasteiger partial charge in [-0.1, -0.05) is 49.4 Å². The molecule has 6 atom stereocenters. The quantitative estimate of drug-likeness (QED) is 0.385. The first-order valence-corrected chi connectivity index (χ1v) is 13.3. The second-order valence-corrected chi connectivity index (χ2v) is 10.6. The van der Waals surface area contributed by atoms with Crippen LogP contribution in [-0.2, 0) is 20.8 Å². The molecule has 1 aliphatic carbocycles. The molecule has 1 aliphatic heterocycles. The van der Waals surface area contributed by atoms with Crippen LogP contribution in [-0.4, -0.2) is 76.1 Å². The number of carbonyl (C=O) groups excluding carboxylic acids is 4. The molecule has 4 rings (SSSR count). The van der Waals surface area contributed by atoms with E-state index in [9.17, 15) is 29.4 Å². The first-order valence-electron chi connectivity index (χ1n) is 13.3. The van der Waals surface area contributed by atoms with Crippen LogP contribution in [0.25, 0.3) is 0 Å². The lowest BCUT2D eigenvalue weighted by Gasteiger charge is -2.37. The molecule has 4 amide bonds. The molecule has 0 bridgehead atoms. The summed E-state index contributed by atoms with van der Waals surface area (Å²) in [4.78, 5) is 55.0. The Balaban J connectivity index is 1.70. The first-order chi connectivity index (χ1) is 18.6. The SMILES string of the molecule is C[C@@H]1[C@H](NC(=O)c2ccccc2O)C(=O)N[C@@H](Cc2ccccc2)[C@@H](O)[C@@H](C)C(=O)NC(C2CC2)C(=O)N1C. The molecule has 0 radical (unpaired) electrons. The van der Waals surface area contributed by atoms with E-state index < -0.39 is 53.9 Å². The molecule has 2 aromatic rings. The number of likely N-dealkylation sites (N-methyl/N-ethyl adjacent to an activating group) is 1. The van der Waals surface area contributed by atoms with Gasteiger partial charge in [-0.25, -0.2) is 0 Å². The summed E-state index contributed by atoms with van der Waals surface area (Å²) in [5.41, 5.74) is 0.822. The van der Waals surface area contributed by atoms with Gasteiger partial charge in [0.15, 0.2) is 0 Å². The highest BCUT2D eigenvalue weighted by Gasteiger charge is 2.44. The van der Waals surface area contributed by atoms with E-state index in [0.717, 1.165) is 18.4 Å². The maximum atomic E-state index is 13.8. The second kappa shape index (κ2) is 11.9. The molecule has 1 heterocycles. The zero-order chi connectivity index (χ0) is 28.3. The van der Waals surface area contributed by atoms with E-state index in [2.05, 4.69) is 16.0 Å². The molecule has 2 aliphatic rings. The van der Waals surface area contributed by atoms with Gasteiger partial charge in [0.1, 0.15) is 17.8 Å². The van der Waals surface area contributed by atoms with Crippen molar-refractivity contribution >= 4 is 23.6 Å². The lowest BCUT2D eigenvalue weighted by atomic mass is 9.91. The lowest BCUT2D eigenvalue weighted by Crippen LogP contribution is -2.64. The molecule has 10 heteroatoms. The number of para-hydroxylation sites is 1. The van der Waals surface area contributed by atoms with Gasteiger partial charge in [-0.05, 0) is 49.8 Å². The number of phenols is 1. The summed E-state index contributed by atoms with van der Waals surface area (Å²) < 4.78 is 0. The third kappa shape index (κ3) is 6.39. The molecular formula is C29H36N4O6. The number of benzene rings is 2. The fourth-order valence-electron chi connectivity index (χ4n) is 4.93. The number of hydrogen-bond donors (Lipinski definition) is 5. The molecule has 39 heavy (non-hydrogen) atoms. The average Bonchev–Trinajstić information content (AvgIpc) is 3.77. The zero-order valence-corrected chi connectivity index (χ0v) is 22.3. The molecule has 0 aromatic heterocycles. The number of nitrogens with one attached hydrogen (secondary N) is 3. The number of phenolic OH excluding ortho intramolecular Hbond substituents is 1. The highest BCUT2D eigenvalue weighted by molar-refractivity contribution is 6.00. The summed E-state index contributed by atoms with van der Waals surface area (Å²) in [6.07, 6.45) is 0.521. The van der Waals surface area contributed by atoms with Crippen LogP contribution in [0.1, 0.15) is 42.6 Å². The van der Waals surface area contributed by atoms with Gasteiger partial charge in [0.2, 0.25) is 17.7 Å². The number of aliphatic hydroxyl groups excluding tert-OH is 1. The average molecular weight is 537 g/mol. The van der Waals surface area contributed by atoms with Crippen molar-refractivity contribution in [2.75, 3.05) is 7.05 Å². The summed E-state index contributed by atoms with van der Waals surface area (Å²) in [6, 6.07) is 11.5. The van der Waals surface area contributed by atoms with Gasteiger partial charge in [0.25, 0.3) is 5.91 Å². The predicted molar refractivity (Wildman–Crippen MR) is 143 cm³/mol. The second-order valence-electron chi connectivity index (χ2n) is 10.6. The van der Waals surface area contributed by atoms with Gasteiger partial charge in [-0.15, -0.1) is 0 Å². The van der Waals surface area contributed by atoms with E-state index in [1.54, 1.807) is 26.0 Å². The molecule has 5 N–H and O–H groups in total. The standard InChI is InChI=1S/C29H36N4O6/c1-16-25(35)21(15-18-9-5-4-6-10-18)30-28(38)23(31-27(37)20-11-7-8-12-22(20)34)17(2)33(3)29(39)24(19-13-14-19)32-26(16)36/h4-12,16-17,19,21,23-25,34-35H,13-15H2,1-3H3,(H,30,38)(H,31,37)(H,32,36)/t16-,17-,21+,23+,24?,25+/m1/s1. The van der Waals surface area contributed by atoms with Crippen molar-refractivity contribution in [2.24, 2.45) is 11.8 Å². The van der Waals surface area contributed by atoms with Crippen molar-refractivity contribution in [3.63, 3.8) is 0 Å². The number of aromatic hydroxyl groups is 1. The molecule has 0 spiro atoms. The molecule has 1 saturated heterocycles. The van der Waals surface area contributed by atoms with Gasteiger partial charge < -0.3 is 31.1 Å². The molecule has 208 valence electrons. The minimum absolute atomic E-state index is 0.0183. The normalized spacial score (nSPS) is 28.5. The van der Waals surface area contributed by atoms with Crippen LogP contribution < -0.4 is 16.0 Å². The largest absolute Gasteiger partial charge is 0.507 e. The van der Waals surface area contributed by atoms with Crippen LogP contribution >= 0.6 is 0 Å². The maximum Gasteiger partial charge on any atom is 0.255 e. The Morgan fingerprint density at radius 1 is 0.974 bits per heavy atom. The van der Waals surface area contributed by atoms with Gasteiger partial charge in [0, 0.05) is 7.05 Å². The van der Waals surface area contributed by atoms with Crippen molar-refractivity contribution in [2.45, 2.75) is 63.4 Å². The van der Waals surface area contributed by atoms with Crippen molar-refractivity contribution in [1.29, 1.82) is 0 Å². The highest BCUT2D eigenvalue weighted by Crippen LogP contribution is 2.34. The third-order valence-electron chi connectivity index (χ3n) is 7.78. The number of hydrogen-bond acceptors (Lipinski definition) is 6. The molecule has 2 aromatic carbocycles. The maximum absolute atomic E-state index is 13.8. The zero-order valence-electron chi connectivity index (χ0n) is 22.3. The van der Waals surface area contributed by atoms with Crippen LogP contribution in [0, 0.1) is 11.8 Å². The monoisotopic (exact) mass is 536 g/mol. The summed E-state index contributed by atoms with van der Waals surface area (Å²) in [5.74, 6) is -3.36. The minimum atomic E-state index is -1.27. The summed E-state index contributed by atoms with van der Waals surface area (Å²) in [6.45, 7) is 3.20. The fraction of sp³-hybridized carbons (Fsp3) is 0.448. The number of aliphatic hydroxyl groups is 1. The van der Waals surface area contributed by atoms with Gasteiger partial charge in [-0.3, -0.25) is 19.2 Å². The van der Waals surface area contributed by atoms with E-state index in [1.807, 2.05) is 30.3 Å². The molecule has 2 fully saturated rings. The lowest BCUT2D eigenvalue weighted by molar-refractivity contribution is -0.142. The fourth-order valence-corrected chi connectivity index (χ4v) is 4.93. The highest BCUT2D eigenvalue weighted by atomic mass is 16.3. The number of amides is 4. The Kier molecular flexibility index (Phi) is 8.54. The van der Waals surface area contributed by atoms with Crippen LogP contribution in [0.4, 0.5) is 0 Å². The minimum Gasteiger partial charge on any atom is -0.507 e. The summed E-state index contributed by atoms with van der Waals surface area (Å²) in [5, 5.41) is 29.8. The molecule has 1 saturated carbocycles. The van der Waals surface area contributed by atoms with E-state index in [4.69, 9.17) is 0 Å². The van der Waals surface area contributed by atoms with E-state index in [0.29, 0.717) is 0 Å². The Hall–Kier alpha value is -3.92. The van der Waals surface area contributed by atoms with Gasteiger partial charge in [-0.2, -0.15) is 0 Å². The summed E-state index contributed by atoms with van der Waals surface area (Å²) in [7, 11) is 1.53. The molecule has 10 nitrogen and oxygen atoms in total. The topological polar surface area (TPSA) is 148 Å². The van der Waals surface area contributed by atoms with Gasteiger partial charge >= 0.3 is 0 Å². The predicted octanol–water partition coefficient (Wildman–Crippen LogP) is 0.970. The van der Waals surface area contributed by atoms with Crippen molar-refractivity contribution in [3.05, 3.63) is 65.7 Å². The molecular weight excluding hydrogens is 500 g/mol. The first kappa shape index (κ1) is 28.1. The van der Waals surface area contributed by atoms with Crippen molar-refractivity contribution in [3.8, 4) is 5.75 Å². The Morgan fingerprint density at radius 2 is 1.62 bits per heavy atom. The van der Waals surface area contributed by atoms with Crippen LogP contribution in [0.3, 0.4) is 0 Å². The van der Waals surface area contributed by atoms with Gasteiger partial charge in [0.05, 0.1) is 29.7 Å². The van der Waals surface area contributed by atoms with Crippen molar-refractivity contribution in [1.82, 2.24) is 20.9 Å². The van der Waals surface area contributed by atoms with Crippen LogP contribution in [0.5, 0.6) is 5.75 Å². The van der Waals surface area contributed by atoms with E-state index >= 15 is 0 Å². The van der Waals surface area contributed by atoms with E-state index in [-0.39, 0.29) is 29.6 Å². The molecule has 1 unspecified atom stereocenters. The van der Waals surface area contributed by atoms with Crippen LogP contribution in [0.2, 0.25) is 0 Å². The Labute approximate surface area is 227 Å². The summed E-state index contributed by atoms with van der Waals surface area (Å²) >= 11 is 0. The van der Waals surface area contributed by atoms with Crippen LogP contribution in [0.15, 0.2) is 54.6 Å². The van der Waals surface area contributed by atoms with Crippen molar-refractivity contribution < 1.29 is 29.4 Å². The smallest absolute Gasteiger partial charge is 0.255 e. The number of carbonyl (C=O) groups is 4.